The number of nitrogens with zero attached hydrogens (tertiary/aromatic N) is 2. The summed E-state index contributed by atoms with van der Waals surface area (Å²) in [4.78, 5) is 11.0. The summed E-state index contributed by atoms with van der Waals surface area (Å²) in [5.41, 5.74) is 0.540. The maximum Gasteiger partial charge on any atom is 0.309 e. The summed E-state index contributed by atoms with van der Waals surface area (Å²) in [6, 6.07) is 0. The molecule has 84 valence electrons. The predicted octanol–water partition coefficient (Wildman–Crippen LogP) is 0.810. The fraction of sp³-hybridized carbons (Fsp3) is 0.600. The second kappa shape index (κ2) is 4.44. The molecule has 5 heteroatoms. The standard InChI is InChI=1S/C10H16N2O3/c1-6(2)8(10(14)15)9(13)7-4-11-12(3)5-7/h4-6,8-9,13H,1-3H3,(H,14,15). The maximum atomic E-state index is 11.0. The molecule has 5 nitrogen and oxygen atoms in total. The number of rotatable bonds is 4. The molecule has 0 spiro atoms. The summed E-state index contributed by atoms with van der Waals surface area (Å²) >= 11 is 0. The van der Waals surface area contributed by atoms with Crippen LogP contribution in [0.2, 0.25) is 0 Å². The number of aryl methyl sites for hydroxylation is 1. The first-order valence-electron chi connectivity index (χ1n) is 4.83. The van der Waals surface area contributed by atoms with Crippen molar-refractivity contribution in [3.63, 3.8) is 0 Å². The highest BCUT2D eigenvalue weighted by atomic mass is 16.4. The quantitative estimate of drug-likeness (QED) is 0.774. The third-order valence-corrected chi connectivity index (χ3v) is 2.41. The van der Waals surface area contributed by atoms with Crippen LogP contribution in [0.4, 0.5) is 0 Å². The van der Waals surface area contributed by atoms with Crippen molar-refractivity contribution in [3.8, 4) is 0 Å². The molecular weight excluding hydrogens is 196 g/mol. The monoisotopic (exact) mass is 212 g/mol. The molecule has 1 rings (SSSR count). The fourth-order valence-corrected chi connectivity index (χ4v) is 1.58. The first-order valence-corrected chi connectivity index (χ1v) is 4.83. The molecule has 1 aromatic rings. The molecule has 0 aliphatic rings. The van der Waals surface area contributed by atoms with E-state index >= 15 is 0 Å². The number of aliphatic carboxylic acids is 1. The minimum atomic E-state index is -1.00. The molecule has 15 heavy (non-hydrogen) atoms. The van der Waals surface area contributed by atoms with Crippen LogP contribution in [0.15, 0.2) is 12.4 Å². The van der Waals surface area contributed by atoms with Crippen LogP contribution in [0, 0.1) is 11.8 Å². The Labute approximate surface area is 88.3 Å². The molecule has 0 radical (unpaired) electrons. The van der Waals surface area contributed by atoms with Gasteiger partial charge in [-0.1, -0.05) is 13.8 Å². The summed E-state index contributed by atoms with van der Waals surface area (Å²) in [6.07, 6.45) is 2.11. The average Bonchev–Trinajstić information content (AvgIpc) is 2.50. The van der Waals surface area contributed by atoms with Gasteiger partial charge in [0.1, 0.15) is 0 Å². The summed E-state index contributed by atoms with van der Waals surface area (Å²) in [6.45, 7) is 3.55. The van der Waals surface area contributed by atoms with Crippen molar-refractivity contribution in [2.75, 3.05) is 0 Å². The zero-order chi connectivity index (χ0) is 11.6. The Kier molecular flexibility index (Phi) is 3.47. The van der Waals surface area contributed by atoms with Gasteiger partial charge in [0.15, 0.2) is 0 Å². The molecule has 2 unspecified atom stereocenters. The molecule has 0 aromatic carbocycles. The van der Waals surface area contributed by atoms with Crippen LogP contribution in [0.1, 0.15) is 25.5 Å². The van der Waals surface area contributed by atoms with Gasteiger partial charge in [-0.3, -0.25) is 9.48 Å². The Bertz CT molecular complexity index is 346. The van der Waals surface area contributed by atoms with Crippen molar-refractivity contribution in [1.29, 1.82) is 0 Å². The highest BCUT2D eigenvalue weighted by molar-refractivity contribution is 5.71. The van der Waals surface area contributed by atoms with Gasteiger partial charge in [-0.2, -0.15) is 5.10 Å². The van der Waals surface area contributed by atoms with Crippen LogP contribution >= 0.6 is 0 Å². The van der Waals surface area contributed by atoms with E-state index in [0.29, 0.717) is 5.56 Å². The Hall–Kier alpha value is -1.36. The topological polar surface area (TPSA) is 75.3 Å². The zero-order valence-electron chi connectivity index (χ0n) is 9.08. The molecule has 0 aliphatic heterocycles. The molecule has 0 saturated heterocycles. The van der Waals surface area contributed by atoms with Crippen LogP contribution in [-0.4, -0.2) is 26.0 Å². The van der Waals surface area contributed by atoms with Crippen LogP contribution in [0.5, 0.6) is 0 Å². The van der Waals surface area contributed by atoms with E-state index in [4.69, 9.17) is 5.11 Å². The van der Waals surface area contributed by atoms with Crippen molar-refractivity contribution < 1.29 is 15.0 Å². The lowest BCUT2D eigenvalue weighted by molar-refractivity contribution is -0.148. The van der Waals surface area contributed by atoms with Gasteiger partial charge >= 0.3 is 5.97 Å². The second-order valence-corrected chi connectivity index (χ2v) is 4.00. The van der Waals surface area contributed by atoms with Gasteiger partial charge in [0, 0.05) is 18.8 Å². The van der Waals surface area contributed by atoms with E-state index in [1.807, 2.05) is 0 Å². The summed E-state index contributed by atoms with van der Waals surface area (Å²) in [5, 5.41) is 22.8. The van der Waals surface area contributed by atoms with Gasteiger partial charge in [0.05, 0.1) is 18.2 Å². The Morgan fingerprint density at radius 1 is 1.53 bits per heavy atom. The molecule has 0 fully saturated rings. The summed E-state index contributed by atoms with van der Waals surface area (Å²) in [5.74, 6) is -1.91. The molecule has 0 aliphatic carbocycles. The normalized spacial score (nSPS) is 15.3. The van der Waals surface area contributed by atoms with E-state index in [1.165, 1.54) is 10.9 Å². The number of hydrogen-bond acceptors (Lipinski definition) is 3. The van der Waals surface area contributed by atoms with E-state index < -0.39 is 18.0 Å². The predicted molar refractivity (Wildman–Crippen MR) is 54.1 cm³/mol. The first kappa shape index (κ1) is 11.7. The van der Waals surface area contributed by atoms with Crippen molar-refractivity contribution in [3.05, 3.63) is 18.0 Å². The average molecular weight is 212 g/mol. The lowest BCUT2D eigenvalue weighted by Crippen LogP contribution is -2.26. The highest BCUT2D eigenvalue weighted by Gasteiger charge is 2.31. The highest BCUT2D eigenvalue weighted by Crippen LogP contribution is 2.27. The van der Waals surface area contributed by atoms with E-state index in [9.17, 15) is 9.90 Å². The molecule has 1 heterocycles. The Morgan fingerprint density at radius 2 is 2.13 bits per heavy atom. The van der Waals surface area contributed by atoms with E-state index in [1.54, 1.807) is 27.1 Å². The van der Waals surface area contributed by atoms with Gasteiger partial charge in [-0.25, -0.2) is 0 Å². The van der Waals surface area contributed by atoms with Crippen molar-refractivity contribution in [2.24, 2.45) is 18.9 Å². The second-order valence-electron chi connectivity index (χ2n) is 4.00. The third-order valence-electron chi connectivity index (χ3n) is 2.41. The SMILES string of the molecule is CC(C)C(C(=O)O)C(O)c1cnn(C)c1. The number of hydrogen-bond donors (Lipinski definition) is 2. The van der Waals surface area contributed by atoms with Crippen LogP contribution in [0.25, 0.3) is 0 Å². The minimum absolute atomic E-state index is 0.127. The number of carboxylic acids is 1. The first-order chi connectivity index (χ1) is 6.93. The van der Waals surface area contributed by atoms with Crippen LogP contribution in [-0.2, 0) is 11.8 Å². The van der Waals surface area contributed by atoms with Gasteiger partial charge in [-0.15, -0.1) is 0 Å². The number of carbonyl (C=O) groups is 1. The Morgan fingerprint density at radius 3 is 2.47 bits per heavy atom. The Balaban J connectivity index is 2.90. The van der Waals surface area contributed by atoms with Gasteiger partial charge in [0.25, 0.3) is 0 Å². The number of aromatic nitrogens is 2. The van der Waals surface area contributed by atoms with Gasteiger partial charge in [0.2, 0.25) is 0 Å². The van der Waals surface area contributed by atoms with E-state index in [0.717, 1.165) is 0 Å². The maximum absolute atomic E-state index is 11.0. The smallest absolute Gasteiger partial charge is 0.309 e. The summed E-state index contributed by atoms with van der Waals surface area (Å²) in [7, 11) is 1.72. The number of aliphatic hydroxyl groups is 1. The number of carboxylic acid groups (broad SMARTS) is 1. The van der Waals surface area contributed by atoms with Gasteiger partial charge in [-0.05, 0) is 5.92 Å². The molecule has 0 amide bonds. The fourth-order valence-electron chi connectivity index (χ4n) is 1.58. The minimum Gasteiger partial charge on any atom is -0.481 e. The molecule has 2 atom stereocenters. The largest absolute Gasteiger partial charge is 0.481 e. The zero-order valence-corrected chi connectivity index (χ0v) is 9.08. The molecule has 0 bridgehead atoms. The van der Waals surface area contributed by atoms with E-state index in [2.05, 4.69) is 5.10 Å². The van der Waals surface area contributed by atoms with Crippen molar-refractivity contribution >= 4 is 5.97 Å². The lowest BCUT2D eigenvalue weighted by Gasteiger charge is -2.21. The lowest BCUT2D eigenvalue weighted by atomic mass is 9.88. The summed E-state index contributed by atoms with van der Waals surface area (Å²) < 4.78 is 1.54. The van der Waals surface area contributed by atoms with Crippen LogP contribution in [0.3, 0.4) is 0 Å². The molecule has 1 aromatic heterocycles. The van der Waals surface area contributed by atoms with E-state index in [-0.39, 0.29) is 5.92 Å². The van der Waals surface area contributed by atoms with Gasteiger partial charge < -0.3 is 10.2 Å². The third kappa shape index (κ3) is 2.56. The molecular formula is C10H16N2O3. The van der Waals surface area contributed by atoms with Crippen molar-refractivity contribution in [2.45, 2.75) is 20.0 Å². The molecule has 2 N–H and O–H groups in total. The number of aliphatic hydroxyl groups excluding tert-OH is 1. The van der Waals surface area contributed by atoms with Crippen molar-refractivity contribution in [1.82, 2.24) is 9.78 Å². The molecule has 0 saturated carbocycles. The van der Waals surface area contributed by atoms with Crippen LogP contribution < -0.4 is 0 Å².